The standard InChI is InChI=1S/C59H60N4O5P2/c1-37-33-60(49-25-17-13-21-43(37)49)69(64,61-34-38(2)44-22-14-18-26-50(44)61)67-53-31-41(57(5,6)7)29-47-55(53)66-56-48(59(47,11)12)30-42(58(8,9)10)32-54(56)68-70(65,62-35-39(3)45-23-15-19-27-51(45)62)63-36-40(4)46-24-16-20-28-52(46)63/h13-36H,1-12H3. The minimum Gasteiger partial charge on any atom is -0.449 e. The zero-order chi connectivity index (χ0) is 49.4. The summed E-state index contributed by atoms with van der Waals surface area (Å²) in [6.45, 7) is 25.6. The maximum Gasteiger partial charge on any atom is 0.457 e. The van der Waals surface area contributed by atoms with Crippen molar-refractivity contribution in [2.75, 3.05) is 0 Å². The van der Waals surface area contributed by atoms with Crippen LogP contribution in [0.4, 0.5) is 0 Å². The smallest absolute Gasteiger partial charge is 0.449 e. The molecule has 0 unspecified atom stereocenters. The molecule has 0 saturated carbocycles. The van der Waals surface area contributed by atoms with Crippen molar-refractivity contribution in [3.8, 4) is 23.0 Å². The molecule has 0 radical (unpaired) electrons. The lowest BCUT2D eigenvalue weighted by atomic mass is 9.72. The lowest BCUT2D eigenvalue weighted by Gasteiger charge is -2.39. The van der Waals surface area contributed by atoms with E-state index in [1.165, 1.54) is 0 Å². The molecular weight excluding hydrogens is 907 g/mol. The van der Waals surface area contributed by atoms with Crippen LogP contribution in [0.5, 0.6) is 23.0 Å². The third-order valence-corrected chi connectivity index (χ3v) is 18.9. The number of ether oxygens (including phenoxy) is 1. The van der Waals surface area contributed by atoms with Gasteiger partial charge in [-0.05, 0) is 108 Å². The summed E-state index contributed by atoms with van der Waals surface area (Å²) in [6, 6.07) is 40.4. The number of hydrogen-bond donors (Lipinski definition) is 0. The Balaban J connectivity index is 1.18. The number of benzene rings is 6. The van der Waals surface area contributed by atoms with Crippen LogP contribution < -0.4 is 13.8 Å². The minimum absolute atomic E-state index is 0.323. The molecule has 356 valence electrons. The average Bonchev–Trinajstić information content (AvgIpc) is 4.07. The van der Waals surface area contributed by atoms with E-state index in [1.54, 1.807) is 0 Å². The molecule has 0 fully saturated rings. The van der Waals surface area contributed by atoms with Crippen LogP contribution in [-0.4, -0.2) is 17.4 Å². The number of para-hydroxylation sites is 4. The zero-order valence-electron chi connectivity index (χ0n) is 42.1. The van der Waals surface area contributed by atoms with E-state index in [0.29, 0.717) is 23.0 Å². The molecule has 0 amide bonds. The first-order chi connectivity index (χ1) is 33.1. The highest BCUT2D eigenvalue weighted by atomic mass is 31.2. The van der Waals surface area contributed by atoms with Gasteiger partial charge in [0.25, 0.3) is 0 Å². The topological polar surface area (TPSA) is 81.6 Å². The largest absolute Gasteiger partial charge is 0.457 e. The van der Waals surface area contributed by atoms with Gasteiger partial charge in [0.15, 0.2) is 23.0 Å². The number of nitrogens with zero attached hydrogens (tertiary/aromatic N) is 4. The molecule has 11 heteroatoms. The predicted molar refractivity (Wildman–Crippen MR) is 287 cm³/mol. The molecule has 11 rings (SSSR count). The van der Waals surface area contributed by atoms with E-state index in [4.69, 9.17) is 13.8 Å². The Bertz CT molecular complexity index is 3470. The third-order valence-electron chi connectivity index (χ3n) is 14.5. The molecule has 0 bridgehead atoms. The second-order valence-electron chi connectivity index (χ2n) is 21.8. The van der Waals surface area contributed by atoms with E-state index >= 15 is 9.13 Å². The van der Waals surface area contributed by atoms with E-state index in [0.717, 1.165) is 88.1 Å². The van der Waals surface area contributed by atoms with Gasteiger partial charge in [-0.2, -0.15) is 0 Å². The number of aryl methyl sites for hydroxylation is 4. The highest BCUT2D eigenvalue weighted by Crippen LogP contribution is 2.63. The van der Waals surface area contributed by atoms with Crippen LogP contribution >= 0.6 is 15.3 Å². The van der Waals surface area contributed by atoms with Crippen molar-refractivity contribution in [1.29, 1.82) is 0 Å². The van der Waals surface area contributed by atoms with E-state index < -0.39 is 20.8 Å². The fourth-order valence-electron chi connectivity index (χ4n) is 10.4. The van der Waals surface area contributed by atoms with Crippen LogP contribution in [0.25, 0.3) is 43.6 Å². The summed E-state index contributed by atoms with van der Waals surface area (Å²) in [5.41, 5.74) is 9.34. The summed E-state index contributed by atoms with van der Waals surface area (Å²) < 4.78 is 63.0. The molecule has 1 aliphatic heterocycles. The van der Waals surface area contributed by atoms with E-state index in [9.17, 15) is 0 Å². The molecule has 70 heavy (non-hydrogen) atoms. The molecule has 1 aliphatic rings. The molecule has 6 aromatic carbocycles. The first-order valence-corrected chi connectivity index (χ1v) is 27.1. The molecule has 0 spiro atoms. The van der Waals surface area contributed by atoms with Crippen molar-refractivity contribution >= 4 is 59.0 Å². The lowest BCUT2D eigenvalue weighted by Crippen LogP contribution is -2.28. The Labute approximate surface area is 410 Å². The Morgan fingerprint density at radius 1 is 0.443 bits per heavy atom. The molecule has 0 saturated heterocycles. The number of aromatic nitrogens is 4. The number of hydrogen-bond acceptors (Lipinski definition) is 5. The Morgan fingerprint density at radius 3 is 0.986 bits per heavy atom. The summed E-state index contributed by atoms with van der Waals surface area (Å²) in [4.78, 5) is 0. The summed E-state index contributed by atoms with van der Waals surface area (Å²) in [6.07, 6.45) is 7.75. The summed E-state index contributed by atoms with van der Waals surface area (Å²) in [5, 5.41) is 3.92. The summed E-state index contributed by atoms with van der Waals surface area (Å²) in [5.74, 6) is 1.48. The van der Waals surface area contributed by atoms with Gasteiger partial charge in [0.2, 0.25) is 0 Å². The van der Waals surface area contributed by atoms with Crippen LogP contribution in [0.3, 0.4) is 0 Å². The Kier molecular flexibility index (Phi) is 10.2. The van der Waals surface area contributed by atoms with E-state index in [-0.39, 0.29) is 10.8 Å². The maximum atomic E-state index is 16.8. The van der Waals surface area contributed by atoms with Crippen molar-refractivity contribution in [3.05, 3.63) is 191 Å². The third kappa shape index (κ3) is 6.94. The highest BCUT2D eigenvalue weighted by Gasteiger charge is 2.45. The molecule has 4 aromatic heterocycles. The van der Waals surface area contributed by atoms with Gasteiger partial charge in [-0.25, -0.2) is 26.5 Å². The molecule has 0 atom stereocenters. The fourth-order valence-corrected chi connectivity index (χ4v) is 15.0. The summed E-state index contributed by atoms with van der Waals surface area (Å²) in [7, 11) is -8.33. The van der Waals surface area contributed by atoms with Gasteiger partial charge in [-0.15, -0.1) is 0 Å². The van der Waals surface area contributed by atoms with Crippen molar-refractivity contribution in [2.24, 2.45) is 0 Å². The van der Waals surface area contributed by atoms with Gasteiger partial charge in [-0.1, -0.05) is 140 Å². The molecule has 0 N–H and O–H groups in total. The zero-order valence-corrected chi connectivity index (χ0v) is 43.9. The van der Waals surface area contributed by atoms with Gasteiger partial charge < -0.3 is 13.8 Å². The van der Waals surface area contributed by atoms with Crippen LogP contribution in [0.15, 0.2) is 146 Å². The normalized spacial score (nSPS) is 14.1. The SMILES string of the molecule is Cc1cn(P(=O)(Oc2cc(C(C)(C)C)cc3c2Oc2c(OP(=O)(n4cc(C)c5ccccc54)n4cc(C)c5ccccc54)cc(C(C)(C)C)cc2C3(C)C)n2cc(C)c3ccccc32)c2ccccc12. The second-order valence-corrected chi connectivity index (χ2v) is 25.8. The molecule has 0 aliphatic carbocycles. The molecular formula is C59H60N4O5P2. The lowest BCUT2D eigenvalue weighted by molar-refractivity contribution is 0.369. The monoisotopic (exact) mass is 966 g/mol. The van der Waals surface area contributed by atoms with Crippen LogP contribution in [0.2, 0.25) is 0 Å². The maximum absolute atomic E-state index is 16.8. The quantitative estimate of drug-likeness (QED) is 0.142. The first-order valence-electron chi connectivity index (χ1n) is 24.0. The Morgan fingerprint density at radius 2 is 0.714 bits per heavy atom. The van der Waals surface area contributed by atoms with Gasteiger partial charge in [0.05, 0.1) is 22.1 Å². The molecule has 9 nitrogen and oxygen atoms in total. The van der Waals surface area contributed by atoms with Crippen molar-refractivity contribution in [1.82, 2.24) is 17.4 Å². The van der Waals surface area contributed by atoms with Gasteiger partial charge >= 0.3 is 15.3 Å². The first kappa shape index (κ1) is 45.8. The van der Waals surface area contributed by atoms with Crippen LogP contribution in [0, 0.1) is 27.7 Å². The fraction of sp³-hybridized carbons (Fsp3) is 0.254. The second kappa shape index (κ2) is 15.7. The van der Waals surface area contributed by atoms with Crippen molar-refractivity contribution in [2.45, 2.75) is 99.3 Å². The number of fused-ring (bicyclic) bond motifs is 6. The van der Waals surface area contributed by atoms with E-state index in [2.05, 4.69) is 91.8 Å². The van der Waals surface area contributed by atoms with Crippen molar-refractivity contribution in [3.63, 3.8) is 0 Å². The Hall–Kier alpha value is -6.66. The minimum atomic E-state index is -4.17. The highest BCUT2D eigenvalue weighted by molar-refractivity contribution is 7.57. The predicted octanol–water partition coefficient (Wildman–Crippen LogP) is 16.9. The van der Waals surface area contributed by atoms with Crippen LogP contribution in [-0.2, 0) is 25.4 Å². The number of rotatable bonds is 8. The van der Waals surface area contributed by atoms with Crippen molar-refractivity contribution < 1.29 is 22.9 Å². The van der Waals surface area contributed by atoms with Crippen LogP contribution in [0.1, 0.15) is 99.9 Å². The average molecular weight is 967 g/mol. The van der Waals surface area contributed by atoms with Gasteiger partial charge in [-0.3, -0.25) is 0 Å². The molecule has 10 aromatic rings. The summed E-state index contributed by atoms with van der Waals surface area (Å²) >= 11 is 0. The van der Waals surface area contributed by atoms with Gasteiger partial charge in [0, 0.05) is 62.9 Å². The van der Waals surface area contributed by atoms with Gasteiger partial charge in [0.1, 0.15) is 0 Å². The van der Waals surface area contributed by atoms with E-state index in [1.807, 2.05) is 155 Å². The molecule has 5 heterocycles.